The van der Waals surface area contributed by atoms with Crippen LogP contribution < -0.4 is 10.6 Å². The van der Waals surface area contributed by atoms with Crippen LogP contribution in [0.4, 0.5) is 4.79 Å². The van der Waals surface area contributed by atoms with E-state index in [4.69, 9.17) is 9.84 Å². The minimum atomic E-state index is -0.991. The van der Waals surface area contributed by atoms with Crippen LogP contribution in [0.1, 0.15) is 49.7 Å². The SMILES string of the molecule is CCCCC(NC(=O)OCC1c2ccccc2-c2ccccc21)C(=O)NCCC(=O)O. The summed E-state index contributed by atoms with van der Waals surface area (Å²) in [5.74, 6) is -1.45. The first-order valence-electron chi connectivity index (χ1n) is 10.6. The Morgan fingerprint density at radius 1 is 1.03 bits per heavy atom. The molecule has 164 valence electrons. The van der Waals surface area contributed by atoms with Crippen molar-refractivity contribution in [1.82, 2.24) is 10.6 Å². The molecule has 31 heavy (non-hydrogen) atoms. The number of aliphatic carboxylic acids is 1. The van der Waals surface area contributed by atoms with Crippen molar-refractivity contribution in [3.63, 3.8) is 0 Å². The topological polar surface area (TPSA) is 105 Å². The molecule has 0 heterocycles. The molecule has 1 unspecified atom stereocenters. The van der Waals surface area contributed by atoms with Crippen LogP contribution in [-0.4, -0.2) is 42.3 Å². The number of hydrogen-bond donors (Lipinski definition) is 3. The van der Waals surface area contributed by atoms with Crippen LogP contribution in [0.2, 0.25) is 0 Å². The Morgan fingerprint density at radius 3 is 2.23 bits per heavy atom. The van der Waals surface area contributed by atoms with E-state index in [0.717, 1.165) is 35.1 Å². The molecule has 0 saturated carbocycles. The number of carbonyl (C=O) groups excluding carboxylic acids is 2. The number of unbranched alkanes of at least 4 members (excludes halogenated alkanes) is 1. The number of ether oxygens (including phenoxy) is 1. The highest BCUT2D eigenvalue weighted by Gasteiger charge is 2.29. The molecule has 0 fully saturated rings. The number of fused-ring (bicyclic) bond motifs is 3. The Balaban J connectivity index is 1.61. The van der Waals surface area contributed by atoms with Crippen molar-refractivity contribution in [3.8, 4) is 11.1 Å². The highest BCUT2D eigenvalue weighted by molar-refractivity contribution is 5.86. The molecule has 3 N–H and O–H groups in total. The van der Waals surface area contributed by atoms with Gasteiger partial charge in [-0.05, 0) is 28.7 Å². The number of benzene rings is 2. The van der Waals surface area contributed by atoms with Gasteiger partial charge in [0.1, 0.15) is 12.6 Å². The molecule has 2 amide bonds. The van der Waals surface area contributed by atoms with E-state index in [1.54, 1.807) is 0 Å². The van der Waals surface area contributed by atoms with E-state index in [1.807, 2.05) is 43.3 Å². The summed E-state index contributed by atoms with van der Waals surface area (Å²) in [7, 11) is 0. The minimum Gasteiger partial charge on any atom is -0.481 e. The van der Waals surface area contributed by atoms with Crippen LogP contribution in [0.25, 0.3) is 11.1 Å². The average molecular weight is 424 g/mol. The summed E-state index contributed by atoms with van der Waals surface area (Å²) < 4.78 is 5.52. The second-order valence-electron chi connectivity index (χ2n) is 7.60. The standard InChI is InChI=1S/C24H28N2O5/c1-2-3-12-21(23(29)25-14-13-22(27)28)26-24(30)31-15-20-18-10-6-4-8-16(18)17-9-5-7-11-19(17)20/h4-11,20-21H,2-3,12-15H2,1H3,(H,25,29)(H,26,30)(H,27,28). The first kappa shape index (κ1) is 22.3. The maximum absolute atomic E-state index is 12.5. The molecule has 0 saturated heterocycles. The van der Waals surface area contributed by atoms with Crippen LogP contribution in [0, 0.1) is 0 Å². The molecule has 0 bridgehead atoms. The molecule has 7 nitrogen and oxygen atoms in total. The lowest BCUT2D eigenvalue weighted by atomic mass is 9.98. The van der Waals surface area contributed by atoms with Gasteiger partial charge in [-0.1, -0.05) is 68.3 Å². The van der Waals surface area contributed by atoms with Gasteiger partial charge in [0, 0.05) is 12.5 Å². The highest BCUT2D eigenvalue weighted by Crippen LogP contribution is 2.44. The Labute approximate surface area is 181 Å². The van der Waals surface area contributed by atoms with Crippen LogP contribution in [0.3, 0.4) is 0 Å². The van der Waals surface area contributed by atoms with E-state index in [0.29, 0.717) is 6.42 Å². The van der Waals surface area contributed by atoms with Gasteiger partial charge in [0.15, 0.2) is 0 Å². The monoisotopic (exact) mass is 424 g/mol. The molecule has 7 heteroatoms. The number of nitrogens with one attached hydrogen (secondary N) is 2. The molecule has 1 atom stereocenters. The van der Waals surface area contributed by atoms with Crippen molar-refractivity contribution >= 4 is 18.0 Å². The maximum atomic E-state index is 12.5. The van der Waals surface area contributed by atoms with Crippen LogP contribution in [0.5, 0.6) is 0 Å². The van der Waals surface area contributed by atoms with Gasteiger partial charge in [-0.3, -0.25) is 9.59 Å². The van der Waals surface area contributed by atoms with E-state index >= 15 is 0 Å². The molecule has 1 aliphatic carbocycles. The summed E-state index contributed by atoms with van der Waals surface area (Å²) in [5.41, 5.74) is 4.52. The van der Waals surface area contributed by atoms with Crippen molar-refractivity contribution in [1.29, 1.82) is 0 Å². The summed E-state index contributed by atoms with van der Waals surface area (Å²) in [6, 6.07) is 15.4. The van der Waals surface area contributed by atoms with Crippen molar-refractivity contribution in [3.05, 3.63) is 59.7 Å². The third-order valence-corrected chi connectivity index (χ3v) is 5.44. The molecule has 3 rings (SSSR count). The lowest BCUT2D eigenvalue weighted by Gasteiger charge is -2.19. The molecule has 1 aliphatic rings. The summed E-state index contributed by atoms with van der Waals surface area (Å²) in [4.78, 5) is 35.5. The first-order valence-corrected chi connectivity index (χ1v) is 10.6. The van der Waals surface area contributed by atoms with Crippen LogP contribution >= 0.6 is 0 Å². The maximum Gasteiger partial charge on any atom is 0.407 e. The van der Waals surface area contributed by atoms with Gasteiger partial charge < -0.3 is 20.5 Å². The molecule has 2 aromatic carbocycles. The smallest absolute Gasteiger partial charge is 0.407 e. The number of hydrogen-bond acceptors (Lipinski definition) is 4. The van der Waals surface area contributed by atoms with E-state index in [2.05, 4.69) is 22.8 Å². The van der Waals surface area contributed by atoms with E-state index in [-0.39, 0.29) is 25.5 Å². The van der Waals surface area contributed by atoms with Gasteiger partial charge in [-0.2, -0.15) is 0 Å². The summed E-state index contributed by atoms with van der Waals surface area (Å²) in [6.45, 7) is 2.18. The molecule has 0 aromatic heterocycles. The lowest BCUT2D eigenvalue weighted by Crippen LogP contribution is -2.47. The average Bonchev–Trinajstić information content (AvgIpc) is 3.08. The predicted octanol–water partition coefficient (Wildman–Crippen LogP) is 3.67. The second kappa shape index (κ2) is 10.6. The van der Waals surface area contributed by atoms with Crippen molar-refractivity contribution in [2.24, 2.45) is 0 Å². The number of carboxylic acids is 1. The lowest BCUT2D eigenvalue weighted by molar-refractivity contribution is -0.137. The van der Waals surface area contributed by atoms with Crippen molar-refractivity contribution in [2.75, 3.05) is 13.2 Å². The predicted molar refractivity (Wildman–Crippen MR) is 117 cm³/mol. The quantitative estimate of drug-likeness (QED) is 0.540. The van der Waals surface area contributed by atoms with Gasteiger partial charge in [-0.25, -0.2) is 4.79 Å². The Kier molecular flexibility index (Phi) is 7.65. The fourth-order valence-corrected chi connectivity index (χ4v) is 3.88. The van der Waals surface area contributed by atoms with Gasteiger partial charge in [0.25, 0.3) is 0 Å². The molecule has 0 spiro atoms. The second-order valence-corrected chi connectivity index (χ2v) is 7.60. The Bertz CT molecular complexity index is 898. The number of rotatable bonds is 10. The number of carboxylic acid groups (broad SMARTS) is 1. The number of amides is 2. The third kappa shape index (κ3) is 5.63. The molecule has 0 radical (unpaired) electrons. The number of carbonyl (C=O) groups is 3. The largest absolute Gasteiger partial charge is 0.481 e. The van der Waals surface area contributed by atoms with E-state index in [9.17, 15) is 14.4 Å². The van der Waals surface area contributed by atoms with Gasteiger partial charge in [0.2, 0.25) is 5.91 Å². The third-order valence-electron chi connectivity index (χ3n) is 5.44. The molecule has 2 aromatic rings. The van der Waals surface area contributed by atoms with Gasteiger partial charge in [0.05, 0.1) is 6.42 Å². The zero-order chi connectivity index (χ0) is 22.2. The zero-order valence-corrected chi connectivity index (χ0v) is 17.6. The summed E-state index contributed by atoms with van der Waals surface area (Å²) in [5, 5.41) is 13.9. The first-order chi connectivity index (χ1) is 15.0. The minimum absolute atomic E-state index is 0.0170. The highest BCUT2D eigenvalue weighted by atomic mass is 16.5. The number of alkyl carbamates (subject to hydrolysis) is 1. The van der Waals surface area contributed by atoms with E-state index < -0.39 is 24.0 Å². The van der Waals surface area contributed by atoms with Crippen molar-refractivity contribution < 1.29 is 24.2 Å². The Hall–Kier alpha value is -3.35. The Morgan fingerprint density at radius 2 is 1.65 bits per heavy atom. The molecular formula is C24H28N2O5. The van der Waals surface area contributed by atoms with Gasteiger partial charge >= 0.3 is 12.1 Å². The summed E-state index contributed by atoms with van der Waals surface area (Å²) >= 11 is 0. The fraction of sp³-hybridized carbons (Fsp3) is 0.375. The summed E-state index contributed by atoms with van der Waals surface area (Å²) in [6.07, 6.45) is 1.25. The van der Waals surface area contributed by atoms with E-state index in [1.165, 1.54) is 0 Å². The zero-order valence-electron chi connectivity index (χ0n) is 17.6. The molecule has 0 aliphatic heterocycles. The fourth-order valence-electron chi connectivity index (χ4n) is 3.88. The van der Waals surface area contributed by atoms with Crippen LogP contribution in [0.15, 0.2) is 48.5 Å². The van der Waals surface area contributed by atoms with Crippen molar-refractivity contribution in [2.45, 2.75) is 44.6 Å². The normalized spacial score (nSPS) is 13.1. The molecular weight excluding hydrogens is 396 g/mol. The van der Waals surface area contributed by atoms with Crippen LogP contribution in [-0.2, 0) is 14.3 Å². The van der Waals surface area contributed by atoms with Gasteiger partial charge in [-0.15, -0.1) is 0 Å².